The van der Waals surface area contributed by atoms with Crippen molar-refractivity contribution in [1.82, 2.24) is 10.6 Å². The number of amides is 2. The Bertz CT molecular complexity index is 582. The number of carbonyl (C=O) groups excluding carboxylic acids is 3. The fourth-order valence-electron chi connectivity index (χ4n) is 2.10. The molecule has 0 aromatic heterocycles. The number of hydrogen-bond acceptors (Lipinski definition) is 5. The number of carbonyl (C=O) groups is 3. The molecule has 7 heteroatoms. The zero-order valence-electron chi connectivity index (χ0n) is 13.8. The average Bonchev–Trinajstić information content (AvgIpc) is 3.39. The van der Waals surface area contributed by atoms with Crippen molar-refractivity contribution >= 4 is 23.5 Å². The summed E-state index contributed by atoms with van der Waals surface area (Å²) in [6.07, 6.45) is 2.62. The minimum atomic E-state index is -0.372. The first-order valence-electron chi connectivity index (χ1n) is 8.04. The monoisotopic (exact) mass is 333 g/mol. The third-order valence-electron chi connectivity index (χ3n) is 3.69. The molecule has 0 bridgehead atoms. The van der Waals surface area contributed by atoms with Crippen molar-refractivity contribution in [1.29, 1.82) is 0 Å². The van der Waals surface area contributed by atoms with Gasteiger partial charge in [0.15, 0.2) is 0 Å². The number of nitrogens with one attached hydrogen (secondary N) is 3. The normalized spacial score (nSPS) is 13.2. The van der Waals surface area contributed by atoms with E-state index >= 15 is 0 Å². The molecule has 1 aliphatic rings. The largest absolute Gasteiger partial charge is 0.469 e. The van der Waals surface area contributed by atoms with Crippen molar-refractivity contribution in [3.63, 3.8) is 0 Å². The number of anilines is 1. The molecule has 0 radical (unpaired) electrons. The van der Waals surface area contributed by atoms with E-state index in [1.807, 2.05) is 0 Å². The fourth-order valence-corrected chi connectivity index (χ4v) is 2.10. The van der Waals surface area contributed by atoms with E-state index in [-0.39, 0.29) is 37.3 Å². The Morgan fingerprint density at radius 3 is 2.50 bits per heavy atom. The lowest BCUT2D eigenvalue weighted by atomic mass is 10.2. The highest BCUT2D eigenvalue weighted by molar-refractivity contribution is 5.96. The van der Waals surface area contributed by atoms with Crippen LogP contribution in [-0.4, -0.2) is 44.5 Å². The van der Waals surface area contributed by atoms with Gasteiger partial charge in [0.05, 0.1) is 20.1 Å². The Morgan fingerprint density at radius 2 is 1.88 bits per heavy atom. The lowest BCUT2D eigenvalue weighted by molar-refractivity contribution is -0.140. The summed E-state index contributed by atoms with van der Waals surface area (Å²) in [5.41, 5.74) is 1.10. The molecule has 24 heavy (non-hydrogen) atoms. The van der Waals surface area contributed by atoms with Gasteiger partial charge in [-0.1, -0.05) is 0 Å². The second-order valence-electron chi connectivity index (χ2n) is 5.78. The van der Waals surface area contributed by atoms with Crippen molar-refractivity contribution in [2.45, 2.75) is 19.3 Å². The summed E-state index contributed by atoms with van der Waals surface area (Å²) in [6.45, 7) is 1.39. The number of hydrogen-bond donors (Lipinski definition) is 3. The van der Waals surface area contributed by atoms with Gasteiger partial charge in [0.25, 0.3) is 5.91 Å². The zero-order chi connectivity index (χ0) is 17.4. The number of benzene rings is 1. The molecule has 1 aromatic rings. The second kappa shape index (κ2) is 9.02. The smallest absolute Gasteiger partial charge is 0.307 e. The van der Waals surface area contributed by atoms with Crippen molar-refractivity contribution in [3.8, 4) is 0 Å². The van der Waals surface area contributed by atoms with Gasteiger partial charge in [0, 0.05) is 17.8 Å². The third kappa shape index (κ3) is 6.37. The van der Waals surface area contributed by atoms with Gasteiger partial charge < -0.3 is 20.7 Å². The molecule has 2 amide bonds. The lowest BCUT2D eigenvalue weighted by Crippen LogP contribution is -2.29. The third-order valence-corrected chi connectivity index (χ3v) is 3.69. The Kier molecular flexibility index (Phi) is 6.74. The van der Waals surface area contributed by atoms with Crippen LogP contribution in [0.15, 0.2) is 24.3 Å². The predicted octanol–water partition coefficient (Wildman–Crippen LogP) is 0.918. The van der Waals surface area contributed by atoms with Gasteiger partial charge in [-0.15, -0.1) is 0 Å². The van der Waals surface area contributed by atoms with E-state index in [0.717, 1.165) is 12.5 Å². The highest BCUT2D eigenvalue weighted by Crippen LogP contribution is 2.27. The van der Waals surface area contributed by atoms with E-state index in [4.69, 9.17) is 0 Å². The molecule has 1 saturated carbocycles. The number of rotatable bonds is 9. The average molecular weight is 333 g/mol. The Morgan fingerprint density at radius 1 is 1.17 bits per heavy atom. The molecular formula is C17H23N3O4. The van der Waals surface area contributed by atoms with Crippen LogP contribution in [0.2, 0.25) is 0 Å². The van der Waals surface area contributed by atoms with Crippen LogP contribution in [0.1, 0.15) is 29.6 Å². The van der Waals surface area contributed by atoms with Crippen LogP contribution >= 0.6 is 0 Å². The van der Waals surface area contributed by atoms with Gasteiger partial charge >= 0.3 is 5.97 Å². The highest BCUT2D eigenvalue weighted by atomic mass is 16.5. The van der Waals surface area contributed by atoms with E-state index in [0.29, 0.717) is 11.3 Å². The summed E-state index contributed by atoms with van der Waals surface area (Å²) in [6, 6.07) is 6.60. The summed E-state index contributed by atoms with van der Waals surface area (Å²) in [7, 11) is 1.30. The molecule has 0 unspecified atom stereocenters. The van der Waals surface area contributed by atoms with E-state index in [2.05, 4.69) is 20.7 Å². The predicted molar refractivity (Wildman–Crippen MR) is 89.6 cm³/mol. The van der Waals surface area contributed by atoms with Gasteiger partial charge in [-0.25, -0.2) is 0 Å². The van der Waals surface area contributed by atoms with Gasteiger partial charge in [0.2, 0.25) is 5.91 Å². The maximum absolute atomic E-state index is 11.9. The molecular weight excluding hydrogens is 310 g/mol. The zero-order valence-corrected chi connectivity index (χ0v) is 13.8. The molecule has 0 atom stereocenters. The standard InChI is InChI=1S/C17H23N3O4/c1-24-16(22)8-9-19-17(23)13-4-6-14(7-5-13)20-15(21)11-18-10-12-2-3-12/h4-7,12,18H,2-3,8-11H2,1H3,(H,19,23)(H,20,21). The fraction of sp³-hybridized carbons (Fsp3) is 0.471. The van der Waals surface area contributed by atoms with E-state index in [1.54, 1.807) is 24.3 Å². The maximum atomic E-state index is 11.9. The summed E-state index contributed by atoms with van der Waals surface area (Å²) >= 11 is 0. The van der Waals surface area contributed by atoms with E-state index in [9.17, 15) is 14.4 Å². The molecule has 1 fully saturated rings. The van der Waals surface area contributed by atoms with Gasteiger partial charge in [-0.3, -0.25) is 14.4 Å². The van der Waals surface area contributed by atoms with Gasteiger partial charge in [-0.05, 0) is 49.6 Å². The van der Waals surface area contributed by atoms with Crippen LogP contribution in [0.25, 0.3) is 0 Å². The molecule has 2 rings (SSSR count). The first-order valence-corrected chi connectivity index (χ1v) is 8.04. The molecule has 0 spiro atoms. The summed E-state index contributed by atoms with van der Waals surface area (Å²) < 4.78 is 4.50. The molecule has 0 saturated heterocycles. The first kappa shape index (κ1) is 17.9. The van der Waals surface area contributed by atoms with E-state index in [1.165, 1.54) is 20.0 Å². The second-order valence-corrected chi connectivity index (χ2v) is 5.78. The molecule has 0 aliphatic heterocycles. The molecule has 1 aromatic carbocycles. The number of methoxy groups -OCH3 is 1. The summed E-state index contributed by atoms with van der Waals surface area (Å²) in [5.74, 6) is -0.0211. The Hall–Kier alpha value is -2.41. The maximum Gasteiger partial charge on any atom is 0.307 e. The van der Waals surface area contributed by atoms with Crippen LogP contribution in [0.5, 0.6) is 0 Å². The minimum Gasteiger partial charge on any atom is -0.469 e. The molecule has 7 nitrogen and oxygen atoms in total. The van der Waals surface area contributed by atoms with Gasteiger partial charge in [-0.2, -0.15) is 0 Å². The number of ether oxygens (including phenoxy) is 1. The van der Waals surface area contributed by atoms with Crippen LogP contribution in [0.4, 0.5) is 5.69 Å². The Labute approximate surface area is 141 Å². The minimum absolute atomic E-state index is 0.106. The molecule has 0 heterocycles. The van der Waals surface area contributed by atoms with Crippen LogP contribution in [0, 0.1) is 5.92 Å². The summed E-state index contributed by atoms with van der Waals surface area (Å²) in [4.78, 5) is 34.6. The molecule has 130 valence electrons. The van der Waals surface area contributed by atoms with Gasteiger partial charge in [0.1, 0.15) is 0 Å². The van der Waals surface area contributed by atoms with Crippen LogP contribution in [-0.2, 0) is 14.3 Å². The Balaban J connectivity index is 1.71. The van der Waals surface area contributed by atoms with E-state index < -0.39 is 0 Å². The van der Waals surface area contributed by atoms with Crippen molar-refractivity contribution in [3.05, 3.63) is 29.8 Å². The van der Waals surface area contributed by atoms with Crippen LogP contribution < -0.4 is 16.0 Å². The van der Waals surface area contributed by atoms with Crippen molar-refractivity contribution < 1.29 is 19.1 Å². The topological polar surface area (TPSA) is 96.5 Å². The first-order chi connectivity index (χ1) is 11.6. The van der Waals surface area contributed by atoms with Crippen LogP contribution in [0.3, 0.4) is 0 Å². The quantitative estimate of drug-likeness (QED) is 0.584. The highest BCUT2D eigenvalue weighted by Gasteiger charge is 2.20. The van der Waals surface area contributed by atoms with Crippen molar-refractivity contribution in [2.24, 2.45) is 5.92 Å². The SMILES string of the molecule is COC(=O)CCNC(=O)c1ccc(NC(=O)CNCC2CC2)cc1. The van der Waals surface area contributed by atoms with Crippen molar-refractivity contribution in [2.75, 3.05) is 32.1 Å². The molecule has 3 N–H and O–H groups in total. The molecule has 1 aliphatic carbocycles. The number of esters is 1. The summed E-state index contributed by atoms with van der Waals surface area (Å²) in [5, 5.41) is 8.53. The lowest BCUT2D eigenvalue weighted by Gasteiger charge is -2.08.